The van der Waals surface area contributed by atoms with E-state index in [2.05, 4.69) is 66.5 Å². The van der Waals surface area contributed by atoms with E-state index in [1.54, 1.807) is 0 Å². The van der Waals surface area contributed by atoms with Gasteiger partial charge in [-0.2, -0.15) is 13.2 Å². The molecule has 2 aromatic rings. The zero-order valence-electron chi connectivity index (χ0n) is 25.6. The molecule has 0 saturated heterocycles. The summed E-state index contributed by atoms with van der Waals surface area (Å²) in [5.41, 5.74) is 4.90. The number of pyridine rings is 2. The highest BCUT2D eigenvalue weighted by molar-refractivity contribution is 6.74. The molecule has 40 heavy (non-hydrogen) atoms. The molecule has 4 nitrogen and oxygen atoms in total. The summed E-state index contributed by atoms with van der Waals surface area (Å²) in [5, 5.41) is 0.0548. The summed E-state index contributed by atoms with van der Waals surface area (Å²) in [7, 11) is -2.13. The minimum absolute atomic E-state index is 0.0363. The van der Waals surface area contributed by atoms with Gasteiger partial charge in [-0.3, -0.25) is 9.97 Å². The molecular formula is C32H45F3N2O2Si. The molecule has 2 aromatic heterocycles. The SMILES string of the molecule is CC(C)c1nc2c(c3c1[C@@H](c1ccc(C(F)(F)F)nc1)OC31CCCC1)C(O[Si](C)(C)C(C)(C)C)CC(C)(C)C2. The van der Waals surface area contributed by atoms with Gasteiger partial charge in [-0.25, -0.2) is 0 Å². The van der Waals surface area contributed by atoms with Gasteiger partial charge in [-0.1, -0.05) is 67.4 Å². The third kappa shape index (κ3) is 5.06. The molecule has 3 heterocycles. The van der Waals surface area contributed by atoms with E-state index >= 15 is 0 Å². The van der Waals surface area contributed by atoms with Gasteiger partial charge in [-0.05, 0) is 66.8 Å². The third-order valence-electron chi connectivity index (χ3n) is 9.73. The summed E-state index contributed by atoms with van der Waals surface area (Å²) in [6, 6.07) is 2.61. The predicted octanol–water partition coefficient (Wildman–Crippen LogP) is 9.54. The minimum atomic E-state index is -4.48. The molecule has 5 rings (SSSR count). The van der Waals surface area contributed by atoms with Gasteiger partial charge >= 0.3 is 6.18 Å². The maximum Gasteiger partial charge on any atom is 0.433 e. The Morgan fingerprint density at radius 1 is 1.05 bits per heavy atom. The number of alkyl halides is 3. The maximum atomic E-state index is 13.3. The first-order valence-electron chi connectivity index (χ1n) is 14.8. The lowest BCUT2D eigenvalue weighted by molar-refractivity contribution is -0.141. The van der Waals surface area contributed by atoms with Crippen LogP contribution in [0.1, 0.15) is 138 Å². The van der Waals surface area contributed by atoms with Crippen LogP contribution in [0.3, 0.4) is 0 Å². The number of hydrogen-bond acceptors (Lipinski definition) is 4. The predicted molar refractivity (Wildman–Crippen MR) is 154 cm³/mol. The average Bonchev–Trinajstić information content (AvgIpc) is 3.41. The van der Waals surface area contributed by atoms with Crippen molar-refractivity contribution in [2.75, 3.05) is 0 Å². The van der Waals surface area contributed by atoms with Crippen LogP contribution < -0.4 is 0 Å². The Balaban J connectivity index is 1.75. The second kappa shape index (κ2) is 9.63. The highest BCUT2D eigenvalue weighted by Gasteiger charge is 2.54. The van der Waals surface area contributed by atoms with E-state index in [-0.39, 0.29) is 22.5 Å². The van der Waals surface area contributed by atoms with Crippen LogP contribution in [-0.2, 0) is 27.4 Å². The molecule has 0 amide bonds. The number of aromatic nitrogens is 2. The Kier molecular flexibility index (Phi) is 7.15. The molecule has 3 aliphatic rings. The van der Waals surface area contributed by atoms with Crippen molar-refractivity contribution in [2.45, 2.75) is 135 Å². The molecule has 0 aromatic carbocycles. The first kappa shape index (κ1) is 29.7. The van der Waals surface area contributed by atoms with Crippen LogP contribution in [0.25, 0.3) is 0 Å². The number of nitrogens with zero attached hydrogens (tertiary/aromatic N) is 2. The van der Waals surface area contributed by atoms with Gasteiger partial charge in [0.25, 0.3) is 0 Å². The molecular weight excluding hydrogens is 529 g/mol. The topological polar surface area (TPSA) is 44.2 Å². The molecule has 0 bridgehead atoms. The number of halogens is 3. The van der Waals surface area contributed by atoms with E-state index in [1.165, 1.54) is 23.4 Å². The molecule has 220 valence electrons. The van der Waals surface area contributed by atoms with Crippen LogP contribution >= 0.6 is 0 Å². The fourth-order valence-corrected chi connectivity index (χ4v) is 8.01. The molecule has 1 aliphatic heterocycles. The van der Waals surface area contributed by atoms with E-state index in [0.717, 1.165) is 61.5 Å². The van der Waals surface area contributed by atoms with Gasteiger partial charge in [0.15, 0.2) is 8.32 Å². The van der Waals surface area contributed by atoms with E-state index in [4.69, 9.17) is 14.1 Å². The first-order valence-corrected chi connectivity index (χ1v) is 17.7. The van der Waals surface area contributed by atoms with Crippen molar-refractivity contribution < 1.29 is 22.3 Å². The van der Waals surface area contributed by atoms with Gasteiger partial charge in [0, 0.05) is 34.3 Å². The summed E-state index contributed by atoms with van der Waals surface area (Å²) in [4.78, 5) is 9.17. The van der Waals surface area contributed by atoms with Crippen LogP contribution in [0, 0.1) is 5.41 Å². The van der Waals surface area contributed by atoms with E-state index in [9.17, 15) is 13.2 Å². The number of fused-ring (bicyclic) bond motifs is 4. The molecule has 1 unspecified atom stereocenters. The molecule has 0 N–H and O–H groups in total. The minimum Gasteiger partial charge on any atom is -0.410 e. The van der Waals surface area contributed by atoms with Crippen molar-refractivity contribution in [1.82, 2.24) is 9.97 Å². The van der Waals surface area contributed by atoms with E-state index in [1.807, 2.05) is 0 Å². The number of ether oxygens (including phenoxy) is 1. The quantitative estimate of drug-likeness (QED) is 0.341. The van der Waals surface area contributed by atoms with Crippen molar-refractivity contribution in [3.63, 3.8) is 0 Å². The molecule has 2 atom stereocenters. The Morgan fingerprint density at radius 3 is 2.23 bits per heavy atom. The van der Waals surface area contributed by atoms with E-state index in [0.29, 0.717) is 5.56 Å². The van der Waals surface area contributed by atoms with Crippen LogP contribution in [0.5, 0.6) is 0 Å². The lowest BCUT2D eigenvalue weighted by Crippen LogP contribution is -2.44. The third-order valence-corrected chi connectivity index (χ3v) is 14.2. The Hall–Kier alpha value is -1.77. The number of rotatable bonds is 4. The van der Waals surface area contributed by atoms with Crippen LogP contribution in [-0.4, -0.2) is 18.3 Å². The fourth-order valence-electron chi connectivity index (χ4n) is 6.74. The normalized spacial score (nSPS) is 24.0. The van der Waals surface area contributed by atoms with Crippen molar-refractivity contribution in [2.24, 2.45) is 5.41 Å². The average molecular weight is 575 g/mol. The Bertz CT molecular complexity index is 1270. The maximum absolute atomic E-state index is 13.3. The van der Waals surface area contributed by atoms with Crippen molar-refractivity contribution in [3.8, 4) is 0 Å². The zero-order valence-corrected chi connectivity index (χ0v) is 26.6. The summed E-state index contributed by atoms with van der Waals surface area (Å²) < 4.78 is 54.3. The zero-order chi connectivity index (χ0) is 29.5. The van der Waals surface area contributed by atoms with Gasteiger partial charge in [0.05, 0.1) is 11.7 Å². The second-order valence-electron chi connectivity index (χ2n) is 14.9. The molecule has 1 saturated carbocycles. The van der Waals surface area contributed by atoms with Crippen molar-refractivity contribution in [3.05, 3.63) is 57.7 Å². The largest absolute Gasteiger partial charge is 0.433 e. The van der Waals surface area contributed by atoms with Crippen LogP contribution in [0.2, 0.25) is 18.1 Å². The summed E-state index contributed by atoms with van der Waals surface area (Å²) >= 11 is 0. The molecule has 1 spiro atoms. The second-order valence-corrected chi connectivity index (χ2v) is 19.6. The molecule has 2 aliphatic carbocycles. The van der Waals surface area contributed by atoms with Gasteiger partial charge in [0.2, 0.25) is 0 Å². The standard InChI is InChI=1S/C32H45F3N2O2Si/c1-19(2)27-25-26(24-21(37-27)16-30(6,7)17-22(24)39-40(8,9)29(3,4)5)31(14-10-11-15-31)38-28(25)20-12-13-23(36-18-20)32(33,34)35/h12-13,18-19,22,28H,10-11,14-17H2,1-9H3/t22?,28-/m1/s1. The first-order chi connectivity index (χ1) is 18.4. The van der Waals surface area contributed by atoms with Gasteiger partial charge in [0.1, 0.15) is 11.8 Å². The highest BCUT2D eigenvalue weighted by Crippen LogP contribution is 2.60. The summed E-state index contributed by atoms with van der Waals surface area (Å²) in [5.74, 6) is 0.133. The van der Waals surface area contributed by atoms with Crippen molar-refractivity contribution in [1.29, 1.82) is 0 Å². The highest BCUT2D eigenvalue weighted by atomic mass is 28.4. The molecule has 1 fully saturated rings. The Morgan fingerprint density at radius 2 is 1.70 bits per heavy atom. The monoisotopic (exact) mass is 574 g/mol. The summed E-state index contributed by atoms with van der Waals surface area (Å²) in [6.07, 6.45) is 1.97. The van der Waals surface area contributed by atoms with Gasteiger partial charge in [-0.15, -0.1) is 0 Å². The molecule has 8 heteroatoms. The van der Waals surface area contributed by atoms with Crippen LogP contribution in [0.4, 0.5) is 13.2 Å². The van der Waals surface area contributed by atoms with E-state index < -0.39 is 31.9 Å². The fraction of sp³-hybridized carbons (Fsp3) is 0.688. The lowest BCUT2D eigenvalue weighted by atomic mass is 9.70. The smallest absolute Gasteiger partial charge is 0.410 e. The summed E-state index contributed by atoms with van der Waals surface area (Å²) in [6.45, 7) is 20.3. The lowest BCUT2D eigenvalue weighted by Gasteiger charge is -2.45. The van der Waals surface area contributed by atoms with Crippen LogP contribution in [0.15, 0.2) is 18.3 Å². The number of hydrogen-bond donors (Lipinski definition) is 0. The van der Waals surface area contributed by atoms with Gasteiger partial charge < -0.3 is 9.16 Å². The Labute approximate surface area is 238 Å². The molecule has 0 radical (unpaired) electrons. The van der Waals surface area contributed by atoms with Crippen molar-refractivity contribution >= 4 is 8.32 Å².